The van der Waals surface area contributed by atoms with Gasteiger partial charge in [0.05, 0.1) is 5.39 Å². The van der Waals surface area contributed by atoms with Crippen molar-refractivity contribution in [3.63, 3.8) is 0 Å². The van der Waals surface area contributed by atoms with E-state index in [-0.39, 0.29) is 0 Å². The van der Waals surface area contributed by atoms with Gasteiger partial charge in [0.2, 0.25) is 0 Å². The molecule has 2 heterocycles. The summed E-state index contributed by atoms with van der Waals surface area (Å²) in [5.74, 6) is 1.97. The standard InChI is InChI=1S/C18H25N3S/c1-12-8-9-15-14(10-12)16-17(19-11-20-18(16)22-15)21(2)13-6-4-3-5-7-13/h11-13H,3-10H2,1-2H3. The Bertz CT molecular complexity index is 672. The maximum atomic E-state index is 4.71. The summed E-state index contributed by atoms with van der Waals surface area (Å²) in [5, 5.41) is 1.36. The summed E-state index contributed by atoms with van der Waals surface area (Å²) in [7, 11) is 2.24. The summed E-state index contributed by atoms with van der Waals surface area (Å²) in [6.45, 7) is 2.38. The lowest BCUT2D eigenvalue weighted by Crippen LogP contribution is -2.34. The molecule has 4 rings (SSSR count). The molecule has 0 aliphatic heterocycles. The van der Waals surface area contributed by atoms with Crippen molar-refractivity contribution in [2.45, 2.75) is 64.3 Å². The number of thiophene rings is 1. The average Bonchev–Trinajstić information content (AvgIpc) is 2.93. The Morgan fingerprint density at radius 1 is 1.14 bits per heavy atom. The van der Waals surface area contributed by atoms with Gasteiger partial charge in [-0.05, 0) is 43.6 Å². The SMILES string of the molecule is CC1CCc2sc3ncnc(N(C)C4CCCCC4)c3c2C1. The Morgan fingerprint density at radius 2 is 1.95 bits per heavy atom. The number of hydrogen-bond acceptors (Lipinski definition) is 4. The van der Waals surface area contributed by atoms with Crippen molar-refractivity contribution < 1.29 is 0 Å². The molecule has 3 nitrogen and oxygen atoms in total. The second-order valence-electron chi connectivity index (χ2n) is 7.13. The van der Waals surface area contributed by atoms with E-state index in [1.54, 1.807) is 16.8 Å². The number of aryl methyl sites for hydroxylation is 1. The fourth-order valence-electron chi connectivity index (χ4n) is 4.17. The van der Waals surface area contributed by atoms with Crippen LogP contribution in [0.5, 0.6) is 0 Å². The van der Waals surface area contributed by atoms with Crippen molar-refractivity contribution in [1.29, 1.82) is 0 Å². The minimum absolute atomic E-state index is 0.656. The largest absolute Gasteiger partial charge is 0.356 e. The van der Waals surface area contributed by atoms with Crippen LogP contribution in [0.2, 0.25) is 0 Å². The Hall–Kier alpha value is -1.16. The van der Waals surface area contributed by atoms with Gasteiger partial charge in [0.25, 0.3) is 0 Å². The molecular formula is C18H25N3S. The van der Waals surface area contributed by atoms with Gasteiger partial charge in [-0.2, -0.15) is 0 Å². The van der Waals surface area contributed by atoms with Crippen molar-refractivity contribution in [3.8, 4) is 0 Å². The van der Waals surface area contributed by atoms with Crippen molar-refractivity contribution >= 4 is 27.4 Å². The monoisotopic (exact) mass is 315 g/mol. The number of rotatable bonds is 2. The molecule has 0 aromatic carbocycles. The van der Waals surface area contributed by atoms with E-state index in [1.165, 1.54) is 67.4 Å². The van der Waals surface area contributed by atoms with Crippen LogP contribution in [-0.4, -0.2) is 23.1 Å². The van der Waals surface area contributed by atoms with Crippen LogP contribution >= 0.6 is 11.3 Å². The molecule has 22 heavy (non-hydrogen) atoms. The van der Waals surface area contributed by atoms with Gasteiger partial charge in [-0.15, -0.1) is 11.3 Å². The number of hydrogen-bond donors (Lipinski definition) is 0. The number of anilines is 1. The van der Waals surface area contributed by atoms with Crippen LogP contribution in [0.1, 0.15) is 55.9 Å². The first kappa shape index (κ1) is 14.4. The van der Waals surface area contributed by atoms with Crippen molar-refractivity contribution in [2.75, 3.05) is 11.9 Å². The van der Waals surface area contributed by atoms with Crippen LogP contribution in [0.15, 0.2) is 6.33 Å². The minimum atomic E-state index is 0.656. The Kier molecular flexibility index (Phi) is 3.81. The zero-order valence-electron chi connectivity index (χ0n) is 13.6. The zero-order valence-corrected chi connectivity index (χ0v) is 14.5. The van der Waals surface area contributed by atoms with Gasteiger partial charge >= 0.3 is 0 Å². The third-order valence-corrected chi connectivity index (χ3v) is 6.72. The summed E-state index contributed by atoms with van der Waals surface area (Å²) < 4.78 is 0. The maximum absolute atomic E-state index is 4.71. The predicted octanol–water partition coefficient (Wildman–Crippen LogP) is 4.59. The topological polar surface area (TPSA) is 29.0 Å². The second-order valence-corrected chi connectivity index (χ2v) is 8.22. The van der Waals surface area contributed by atoms with Crippen molar-refractivity contribution in [2.24, 2.45) is 5.92 Å². The smallest absolute Gasteiger partial charge is 0.141 e. The van der Waals surface area contributed by atoms with Crippen LogP contribution in [-0.2, 0) is 12.8 Å². The lowest BCUT2D eigenvalue weighted by Gasteiger charge is -2.32. The fraction of sp³-hybridized carbons (Fsp3) is 0.667. The van der Waals surface area contributed by atoms with Gasteiger partial charge in [0, 0.05) is 18.0 Å². The molecule has 118 valence electrons. The van der Waals surface area contributed by atoms with E-state index in [0.717, 1.165) is 5.92 Å². The summed E-state index contributed by atoms with van der Waals surface area (Å²) in [6.07, 6.45) is 12.3. The normalized spacial score (nSPS) is 22.7. The predicted molar refractivity (Wildman–Crippen MR) is 93.9 cm³/mol. The second kappa shape index (κ2) is 5.80. The number of aromatic nitrogens is 2. The number of fused-ring (bicyclic) bond motifs is 3. The molecule has 4 heteroatoms. The minimum Gasteiger partial charge on any atom is -0.356 e. The van der Waals surface area contributed by atoms with Crippen LogP contribution in [0, 0.1) is 5.92 Å². The highest BCUT2D eigenvalue weighted by Crippen LogP contribution is 2.41. The van der Waals surface area contributed by atoms with Gasteiger partial charge in [-0.1, -0.05) is 26.2 Å². The lowest BCUT2D eigenvalue weighted by molar-refractivity contribution is 0.426. The molecule has 0 radical (unpaired) electrons. The average molecular weight is 315 g/mol. The zero-order chi connectivity index (χ0) is 15.1. The van der Waals surface area contributed by atoms with E-state index in [1.807, 2.05) is 11.3 Å². The van der Waals surface area contributed by atoms with E-state index in [2.05, 4.69) is 23.9 Å². The molecule has 0 bridgehead atoms. The quantitative estimate of drug-likeness (QED) is 0.812. The summed E-state index contributed by atoms with van der Waals surface area (Å²) >= 11 is 1.90. The third kappa shape index (κ3) is 2.41. The van der Waals surface area contributed by atoms with E-state index in [4.69, 9.17) is 4.98 Å². The molecule has 1 unspecified atom stereocenters. The first-order valence-electron chi connectivity index (χ1n) is 8.72. The van der Waals surface area contributed by atoms with Gasteiger partial charge in [-0.25, -0.2) is 9.97 Å². The lowest BCUT2D eigenvalue weighted by atomic mass is 9.88. The summed E-state index contributed by atoms with van der Waals surface area (Å²) in [5.41, 5.74) is 1.55. The highest BCUT2D eigenvalue weighted by Gasteiger charge is 2.26. The Balaban J connectivity index is 1.78. The molecule has 0 amide bonds. The van der Waals surface area contributed by atoms with Gasteiger partial charge in [0.15, 0.2) is 0 Å². The third-order valence-electron chi connectivity index (χ3n) is 5.52. The van der Waals surface area contributed by atoms with Gasteiger partial charge in [0.1, 0.15) is 17.0 Å². The van der Waals surface area contributed by atoms with Crippen molar-refractivity contribution in [3.05, 3.63) is 16.8 Å². The van der Waals surface area contributed by atoms with Crippen LogP contribution in [0.3, 0.4) is 0 Å². The molecule has 1 saturated carbocycles. The highest BCUT2D eigenvalue weighted by atomic mass is 32.1. The molecule has 0 spiro atoms. The van der Waals surface area contributed by atoms with E-state index in [9.17, 15) is 0 Å². The molecule has 1 atom stereocenters. The maximum Gasteiger partial charge on any atom is 0.141 e. The van der Waals surface area contributed by atoms with E-state index >= 15 is 0 Å². The first-order chi connectivity index (χ1) is 10.7. The molecule has 2 aliphatic rings. The van der Waals surface area contributed by atoms with Gasteiger partial charge in [-0.3, -0.25) is 0 Å². The van der Waals surface area contributed by atoms with Crippen LogP contribution < -0.4 is 4.90 Å². The van der Waals surface area contributed by atoms with Crippen molar-refractivity contribution in [1.82, 2.24) is 9.97 Å². The van der Waals surface area contributed by atoms with E-state index < -0.39 is 0 Å². The van der Waals surface area contributed by atoms with Crippen LogP contribution in [0.4, 0.5) is 5.82 Å². The van der Waals surface area contributed by atoms with E-state index in [0.29, 0.717) is 6.04 Å². The number of nitrogens with zero attached hydrogens (tertiary/aromatic N) is 3. The molecule has 1 fully saturated rings. The fourth-order valence-corrected chi connectivity index (χ4v) is 5.35. The molecule has 0 saturated heterocycles. The molecule has 2 aromatic heterocycles. The summed E-state index contributed by atoms with van der Waals surface area (Å²) in [4.78, 5) is 14.5. The molecular weight excluding hydrogens is 290 g/mol. The molecule has 2 aromatic rings. The molecule has 0 N–H and O–H groups in total. The first-order valence-corrected chi connectivity index (χ1v) is 9.53. The van der Waals surface area contributed by atoms with Crippen LogP contribution in [0.25, 0.3) is 10.2 Å². The Labute approximate surface area is 136 Å². The van der Waals surface area contributed by atoms with Gasteiger partial charge < -0.3 is 4.90 Å². The summed E-state index contributed by atoms with van der Waals surface area (Å²) in [6, 6.07) is 0.656. The Morgan fingerprint density at radius 3 is 2.77 bits per heavy atom. The molecule has 2 aliphatic carbocycles. The highest BCUT2D eigenvalue weighted by molar-refractivity contribution is 7.19.